The van der Waals surface area contributed by atoms with Crippen LogP contribution in [0.1, 0.15) is 50.9 Å². The average Bonchev–Trinajstić information content (AvgIpc) is 2.78. The number of pyridine rings is 1. The first-order chi connectivity index (χ1) is 16.4. The molecule has 2 aromatic rings. The van der Waals surface area contributed by atoms with E-state index < -0.39 is 52.5 Å². The Bertz CT molecular complexity index is 1220. The molecule has 5 atom stereocenters. The molecule has 186 valence electrons. The van der Waals surface area contributed by atoms with Crippen LogP contribution in [0.15, 0.2) is 39.8 Å². The van der Waals surface area contributed by atoms with E-state index in [0.29, 0.717) is 5.56 Å². The molecule has 3 heterocycles. The number of nitrogens with zero attached hydrogens (tertiary/aromatic N) is 1. The van der Waals surface area contributed by atoms with Crippen molar-refractivity contribution in [1.29, 1.82) is 0 Å². The van der Waals surface area contributed by atoms with Gasteiger partial charge in [-0.05, 0) is 44.7 Å². The standard InChI is InChI=1S/C25H27NO9/c1-13(27)32-12-24(3,31)16-8-17-22(29)21-19(35-25(17,4)20(9-16)33-14(2)28)10-18(34-23(21)30)15-6-5-7-26-11-15/h5-7,10-11,16-17,20,31H,8-9,12H2,1-4H3/t16-,17-,20-,24+,25-/m1/s1. The van der Waals surface area contributed by atoms with Gasteiger partial charge in [0.2, 0.25) is 0 Å². The van der Waals surface area contributed by atoms with E-state index in [1.807, 2.05) is 0 Å². The lowest BCUT2D eigenvalue weighted by Gasteiger charge is -2.52. The molecule has 0 unspecified atom stereocenters. The molecule has 0 spiro atoms. The van der Waals surface area contributed by atoms with Crippen molar-refractivity contribution in [1.82, 2.24) is 4.98 Å². The van der Waals surface area contributed by atoms with Crippen LogP contribution in [0, 0.1) is 11.8 Å². The van der Waals surface area contributed by atoms with Crippen molar-refractivity contribution in [3.05, 3.63) is 46.6 Å². The highest BCUT2D eigenvalue weighted by atomic mass is 16.6. The Morgan fingerprint density at radius 3 is 2.63 bits per heavy atom. The Kier molecular flexibility index (Phi) is 6.27. The number of aromatic nitrogens is 1. The number of carbonyl (C=O) groups is 3. The zero-order chi connectivity index (χ0) is 25.5. The van der Waals surface area contributed by atoms with Crippen LogP contribution in [0.4, 0.5) is 0 Å². The number of carbonyl (C=O) groups excluding carboxylic acids is 3. The fourth-order valence-electron chi connectivity index (χ4n) is 4.91. The van der Waals surface area contributed by atoms with Crippen LogP contribution in [0.5, 0.6) is 5.75 Å². The van der Waals surface area contributed by atoms with E-state index in [2.05, 4.69) is 4.98 Å². The molecule has 0 amide bonds. The molecule has 0 bridgehead atoms. The fourth-order valence-corrected chi connectivity index (χ4v) is 4.91. The van der Waals surface area contributed by atoms with Gasteiger partial charge in [-0.1, -0.05) is 0 Å². The maximum atomic E-state index is 13.6. The molecule has 1 fully saturated rings. The molecular formula is C25H27NO9. The predicted molar refractivity (Wildman–Crippen MR) is 121 cm³/mol. The number of Topliss-reactive ketones (excluding diaryl/α,β-unsaturated/α-hetero) is 1. The summed E-state index contributed by atoms with van der Waals surface area (Å²) < 4.78 is 22.3. The van der Waals surface area contributed by atoms with E-state index in [9.17, 15) is 24.3 Å². The first-order valence-corrected chi connectivity index (χ1v) is 11.3. The second-order valence-corrected chi connectivity index (χ2v) is 9.49. The average molecular weight is 485 g/mol. The van der Waals surface area contributed by atoms with Crippen LogP contribution >= 0.6 is 0 Å². The fraction of sp³-hybridized carbons (Fsp3) is 0.480. The van der Waals surface area contributed by atoms with E-state index in [0.717, 1.165) is 0 Å². The Balaban J connectivity index is 1.76. The zero-order valence-electron chi connectivity index (χ0n) is 19.9. The number of ether oxygens (including phenoxy) is 3. The van der Waals surface area contributed by atoms with Gasteiger partial charge in [0.25, 0.3) is 0 Å². The van der Waals surface area contributed by atoms with Crippen molar-refractivity contribution in [2.24, 2.45) is 11.8 Å². The summed E-state index contributed by atoms with van der Waals surface area (Å²) in [5.41, 5.74) is -3.38. The first-order valence-electron chi connectivity index (χ1n) is 11.3. The largest absolute Gasteiger partial charge is 0.482 e. The molecule has 1 aliphatic heterocycles. The van der Waals surface area contributed by atoms with Gasteiger partial charge < -0.3 is 23.7 Å². The third-order valence-corrected chi connectivity index (χ3v) is 6.86. The molecule has 35 heavy (non-hydrogen) atoms. The Labute approximate surface area is 201 Å². The van der Waals surface area contributed by atoms with Crippen LogP contribution < -0.4 is 10.4 Å². The Morgan fingerprint density at radius 1 is 1.26 bits per heavy atom. The number of aliphatic hydroxyl groups is 1. The van der Waals surface area contributed by atoms with Gasteiger partial charge in [-0.25, -0.2) is 4.79 Å². The topological polar surface area (TPSA) is 142 Å². The number of rotatable bonds is 5. The maximum Gasteiger partial charge on any atom is 0.351 e. The van der Waals surface area contributed by atoms with E-state index >= 15 is 0 Å². The second kappa shape index (κ2) is 8.92. The predicted octanol–water partition coefficient (Wildman–Crippen LogP) is 2.31. The normalized spacial score (nSPS) is 27.0. The highest BCUT2D eigenvalue weighted by Crippen LogP contribution is 2.49. The number of ketones is 1. The van der Waals surface area contributed by atoms with Gasteiger partial charge in [0.15, 0.2) is 11.4 Å². The third-order valence-electron chi connectivity index (χ3n) is 6.86. The van der Waals surface area contributed by atoms with Crippen molar-refractivity contribution >= 4 is 17.7 Å². The molecular weight excluding hydrogens is 458 g/mol. The number of fused-ring (bicyclic) bond motifs is 2. The molecule has 4 rings (SSSR count). The molecule has 10 nitrogen and oxygen atoms in total. The summed E-state index contributed by atoms with van der Waals surface area (Å²) in [7, 11) is 0. The summed E-state index contributed by atoms with van der Waals surface area (Å²) in [6, 6.07) is 4.84. The lowest BCUT2D eigenvalue weighted by Crippen LogP contribution is -2.63. The van der Waals surface area contributed by atoms with E-state index in [1.165, 1.54) is 33.0 Å². The number of hydrogen-bond donors (Lipinski definition) is 1. The van der Waals surface area contributed by atoms with Crippen molar-refractivity contribution in [3.63, 3.8) is 0 Å². The quantitative estimate of drug-likeness (QED) is 0.627. The minimum Gasteiger partial charge on any atom is -0.482 e. The van der Waals surface area contributed by atoms with Gasteiger partial charge in [-0.2, -0.15) is 0 Å². The molecule has 1 saturated carbocycles. The molecule has 0 aromatic carbocycles. The SMILES string of the molecule is CC(=O)OC[C@](C)(O)[C@@H]1C[C@@H]2C(=O)c3c(cc(-c4cccnc4)oc3=O)O[C@@]2(C)[C@H](OC(C)=O)C1. The van der Waals surface area contributed by atoms with Crippen molar-refractivity contribution in [3.8, 4) is 17.1 Å². The summed E-state index contributed by atoms with van der Waals surface area (Å²) in [6.45, 7) is 5.31. The summed E-state index contributed by atoms with van der Waals surface area (Å²) in [5, 5.41) is 11.1. The monoisotopic (exact) mass is 485 g/mol. The molecule has 2 aromatic heterocycles. The van der Waals surface area contributed by atoms with Crippen molar-refractivity contribution in [2.45, 2.75) is 57.8 Å². The minimum absolute atomic E-state index is 0.0335. The molecule has 1 aliphatic carbocycles. The maximum absolute atomic E-state index is 13.6. The van der Waals surface area contributed by atoms with Crippen LogP contribution in [-0.2, 0) is 19.1 Å². The van der Waals surface area contributed by atoms with Gasteiger partial charge in [0.1, 0.15) is 29.8 Å². The van der Waals surface area contributed by atoms with Crippen LogP contribution in [0.2, 0.25) is 0 Å². The van der Waals surface area contributed by atoms with Crippen molar-refractivity contribution < 1.29 is 38.1 Å². The van der Waals surface area contributed by atoms with Crippen LogP contribution in [0.3, 0.4) is 0 Å². The first kappa shape index (κ1) is 24.6. The minimum atomic E-state index is -1.51. The lowest BCUT2D eigenvalue weighted by molar-refractivity contribution is -0.186. The summed E-state index contributed by atoms with van der Waals surface area (Å²) in [4.78, 5) is 53.8. The molecule has 0 radical (unpaired) electrons. The summed E-state index contributed by atoms with van der Waals surface area (Å²) >= 11 is 0. The summed E-state index contributed by atoms with van der Waals surface area (Å²) in [6.07, 6.45) is 2.44. The highest BCUT2D eigenvalue weighted by Gasteiger charge is 2.59. The molecule has 1 N–H and O–H groups in total. The molecule has 0 saturated heterocycles. The Morgan fingerprint density at radius 2 is 2.00 bits per heavy atom. The van der Waals surface area contributed by atoms with E-state index in [1.54, 1.807) is 25.3 Å². The lowest BCUT2D eigenvalue weighted by atomic mass is 9.62. The van der Waals surface area contributed by atoms with E-state index in [4.69, 9.17) is 18.6 Å². The number of hydrogen-bond acceptors (Lipinski definition) is 10. The molecule has 10 heteroatoms. The summed E-state index contributed by atoms with van der Waals surface area (Å²) in [5.74, 6) is -2.97. The highest BCUT2D eigenvalue weighted by molar-refractivity contribution is 6.02. The van der Waals surface area contributed by atoms with Gasteiger partial charge >= 0.3 is 17.6 Å². The van der Waals surface area contributed by atoms with E-state index in [-0.39, 0.29) is 36.5 Å². The van der Waals surface area contributed by atoms with Gasteiger partial charge in [0.05, 0.1) is 11.5 Å². The number of esters is 2. The van der Waals surface area contributed by atoms with Crippen LogP contribution in [-0.4, -0.2) is 51.7 Å². The van der Waals surface area contributed by atoms with Gasteiger partial charge in [-0.15, -0.1) is 0 Å². The van der Waals surface area contributed by atoms with Gasteiger partial charge in [0, 0.05) is 37.9 Å². The van der Waals surface area contributed by atoms with Crippen LogP contribution in [0.25, 0.3) is 11.3 Å². The second-order valence-electron chi connectivity index (χ2n) is 9.49. The van der Waals surface area contributed by atoms with Crippen molar-refractivity contribution in [2.75, 3.05) is 6.61 Å². The smallest absolute Gasteiger partial charge is 0.351 e. The third kappa shape index (κ3) is 4.58. The van der Waals surface area contributed by atoms with Gasteiger partial charge in [-0.3, -0.25) is 19.4 Å². The zero-order valence-corrected chi connectivity index (χ0v) is 19.9. The Hall–Kier alpha value is -3.53. The molecule has 2 aliphatic rings.